The molecule has 1 aliphatic rings. The lowest BCUT2D eigenvalue weighted by atomic mass is 10.0. The number of thiocarbonyl (C=S) groups is 1. The van der Waals surface area contributed by atoms with Crippen molar-refractivity contribution in [3.8, 4) is 0 Å². The Morgan fingerprint density at radius 2 is 2.38 bits per heavy atom. The summed E-state index contributed by atoms with van der Waals surface area (Å²) in [6.07, 6.45) is 5.62. The number of likely N-dealkylation sites (tertiary alicyclic amines) is 1. The van der Waals surface area contributed by atoms with E-state index in [1.165, 1.54) is 25.9 Å². The van der Waals surface area contributed by atoms with E-state index in [-0.39, 0.29) is 0 Å². The average molecular weight is 306 g/mol. The van der Waals surface area contributed by atoms with Crippen LogP contribution in [-0.2, 0) is 0 Å². The van der Waals surface area contributed by atoms with Crippen molar-refractivity contribution in [2.45, 2.75) is 33.1 Å². The predicted molar refractivity (Wildman–Crippen MR) is 92.7 cm³/mol. The monoisotopic (exact) mass is 306 g/mol. The molecule has 1 fully saturated rings. The Bertz CT molecular complexity index is 463. The van der Waals surface area contributed by atoms with Crippen LogP contribution in [0.25, 0.3) is 0 Å². The van der Waals surface area contributed by atoms with Gasteiger partial charge in [-0.3, -0.25) is 0 Å². The highest BCUT2D eigenvalue weighted by atomic mass is 32.1. The number of hydrogen-bond donors (Lipinski definition) is 2. The van der Waals surface area contributed by atoms with Gasteiger partial charge in [0.1, 0.15) is 5.82 Å². The summed E-state index contributed by atoms with van der Waals surface area (Å²) >= 11 is 5.31. The second kappa shape index (κ2) is 8.29. The fourth-order valence-electron chi connectivity index (χ4n) is 2.76. The Morgan fingerprint density at radius 1 is 1.52 bits per heavy atom. The van der Waals surface area contributed by atoms with Crippen LogP contribution in [0.5, 0.6) is 0 Å². The van der Waals surface area contributed by atoms with Crippen molar-refractivity contribution >= 4 is 23.1 Å². The quantitative estimate of drug-likeness (QED) is 0.646. The molecular formula is C16H26N4S. The van der Waals surface area contributed by atoms with Gasteiger partial charge in [-0.25, -0.2) is 4.98 Å². The highest BCUT2D eigenvalue weighted by Crippen LogP contribution is 2.15. The molecule has 0 spiro atoms. The second-order valence-corrected chi connectivity index (χ2v) is 6.36. The molecule has 0 aliphatic carbocycles. The maximum absolute atomic E-state index is 5.31. The van der Waals surface area contributed by atoms with Crippen molar-refractivity contribution in [3.63, 3.8) is 0 Å². The van der Waals surface area contributed by atoms with Gasteiger partial charge in [-0.15, -0.1) is 0 Å². The number of nitrogens with one attached hydrogen (secondary N) is 2. The normalized spacial score (nSPS) is 19.2. The van der Waals surface area contributed by atoms with Crippen molar-refractivity contribution in [1.82, 2.24) is 15.2 Å². The van der Waals surface area contributed by atoms with Crippen LogP contribution < -0.4 is 10.6 Å². The molecule has 0 saturated carbocycles. The fourth-order valence-corrected chi connectivity index (χ4v) is 2.96. The minimum absolute atomic E-state index is 0.656. The molecule has 0 radical (unpaired) electrons. The van der Waals surface area contributed by atoms with Crippen LogP contribution in [0.1, 0.15) is 31.7 Å². The van der Waals surface area contributed by atoms with Gasteiger partial charge >= 0.3 is 0 Å². The number of aryl methyl sites for hydroxylation is 1. The van der Waals surface area contributed by atoms with Crippen molar-refractivity contribution in [1.29, 1.82) is 0 Å². The Kier molecular flexibility index (Phi) is 6.39. The zero-order valence-electron chi connectivity index (χ0n) is 13.1. The van der Waals surface area contributed by atoms with E-state index in [0.717, 1.165) is 36.8 Å². The first kappa shape index (κ1) is 16.2. The molecule has 2 N–H and O–H groups in total. The van der Waals surface area contributed by atoms with Crippen LogP contribution in [-0.4, -0.2) is 41.2 Å². The molecule has 5 heteroatoms. The van der Waals surface area contributed by atoms with Crippen LogP contribution in [0, 0.1) is 12.8 Å². The van der Waals surface area contributed by atoms with E-state index in [9.17, 15) is 0 Å². The van der Waals surface area contributed by atoms with Gasteiger partial charge in [-0.1, -0.05) is 13.0 Å². The molecule has 2 rings (SSSR count). The lowest BCUT2D eigenvalue weighted by Gasteiger charge is -2.30. The first-order valence-corrected chi connectivity index (χ1v) is 8.25. The summed E-state index contributed by atoms with van der Waals surface area (Å²) < 4.78 is 0. The summed E-state index contributed by atoms with van der Waals surface area (Å²) in [6, 6.07) is 3.95. The van der Waals surface area contributed by atoms with Gasteiger partial charge in [0.05, 0.1) is 0 Å². The first-order valence-electron chi connectivity index (χ1n) is 7.84. The lowest BCUT2D eigenvalue weighted by Crippen LogP contribution is -2.37. The van der Waals surface area contributed by atoms with Crippen LogP contribution in [0.2, 0.25) is 0 Å². The van der Waals surface area contributed by atoms with Crippen molar-refractivity contribution < 1.29 is 0 Å². The van der Waals surface area contributed by atoms with E-state index in [4.69, 9.17) is 12.2 Å². The van der Waals surface area contributed by atoms with Gasteiger partial charge in [0.2, 0.25) is 0 Å². The Morgan fingerprint density at radius 3 is 3.14 bits per heavy atom. The SMILES string of the molecule is Cc1cccnc1NC(=S)NCCCN1CCC[C@H](C)C1. The molecule has 0 amide bonds. The molecule has 0 unspecified atom stereocenters. The third-order valence-electron chi connectivity index (χ3n) is 3.92. The second-order valence-electron chi connectivity index (χ2n) is 5.95. The van der Waals surface area contributed by atoms with E-state index >= 15 is 0 Å². The average Bonchev–Trinajstić information content (AvgIpc) is 2.46. The molecule has 21 heavy (non-hydrogen) atoms. The molecule has 0 bridgehead atoms. The summed E-state index contributed by atoms with van der Waals surface area (Å²) in [6.45, 7) is 8.93. The van der Waals surface area contributed by atoms with E-state index in [1.807, 2.05) is 19.1 Å². The van der Waals surface area contributed by atoms with Crippen molar-refractivity contribution in [2.24, 2.45) is 5.92 Å². The summed E-state index contributed by atoms with van der Waals surface area (Å²) in [5.41, 5.74) is 1.10. The topological polar surface area (TPSA) is 40.2 Å². The third-order valence-corrected chi connectivity index (χ3v) is 4.17. The molecule has 1 aromatic rings. The first-order chi connectivity index (χ1) is 10.1. The summed E-state index contributed by atoms with van der Waals surface area (Å²) in [5, 5.41) is 7.07. The molecule has 1 saturated heterocycles. The third kappa shape index (κ3) is 5.59. The molecule has 1 atom stereocenters. The largest absolute Gasteiger partial charge is 0.362 e. The van der Waals surface area contributed by atoms with Gasteiger partial charge in [0.25, 0.3) is 0 Å². The minimum atomic E-state index is 0.656. The Labute approximate surface area is 133 Å². The zero-order chi connectivity index (χ0) is 15.1. The van der Waals surface area contributed by atoms with E-state index in [2.05, 4.69) is 27.4 Å². The van der Waals surface area contributed by atoms with Gasteiger partial charge in [0.15, 0.2) is 5.11 Å². The van der Waals surface area contributed by atoms with Gasteiger partial charge in [-0.2, -0.15) is 0 Å². The summed E-state index contributed by atoms with van der Waals surface area (Å²) in [5.74, 6) is 1.68. The van der Waals surface area contributed by atoms with Gasteiger partial charge < -0.3 is 15.5 Å². The van der Waals surface area contributed by atoms with E-state index in [0.29, 0.717) is 5.11 Å². The fraction of sp³-hybridized carbons (Fsp3) is 0.625. The molecule has 1 aliphatic heterocycles. The Balaban J connectivity index is 1.62. The zero-order valence-corrected chi connectivity index (χ0v) is 13.9. The van der Waals surface area contributed by atoms with Crippen LogP contribution in [0.15, 0.2) is 18.3 Å². The summed E-state index contributed by atoms with van der Waals surface area (Å²) in [4.78, 5) is 6.85. The number of pyridine rings is 1. The number of piperidine rings is 1. The number of anilines is 1. The standard InChI is InChI=1S/C16H26N4S/c1-13-6-4-10-20(12-13)11-5-9-18-16(21)19-15-14(2)7-3-8-17-15/h3,7-8,13H,4-6,9-12H2,1-2H3,(H2,17,18,19,21)/t13-/m0/s1. The number of hydrogen-bond acceptors (Lipinski definition) is 3. The maximum atomic E-state index is 5.31. The lowest BCUT2D eigenvalue weighted by molar-refractivity contribution is 0.182. The molecule has 4 nitrogen and oxygen atoms in total. The van der Waals surface area contributed by atoms with Crippen LogP contribution in [0.4, 0.5) is 5.82 Å². The van der Waals surface area contributed by atoms with Crippen molar-refractivity contribution in [2.75, 3.05) is 31.5 Å². The molecule has 2 heterocycles. The highest BCUT2D eigenvalue weighted by molar-refractivity contribution is 7.80. The highest BCUT2D eigenvalue weighted by Gasteiger charge is 2.15. The number of rotatable bonds is 5. The molecule has 0 aromatic carbocycles. The molecule has 116 valence electrons. The predicted octanol–water partition coefficient (Wildman–Crippen LogP) is 2.80. The summed E-state index contributed by atoms with van der Waals surface area (Å²) in [7, 11) is 0. The number of nitrogens with zero attached hydrogens (tertiary/aromatic N) is 2. The van der Waals surface area contributed by atoms with Crippen LogP contribution >= 0.6 is 12.2 Å². The molecular weight excluding hydrogens is 280 g/mol. The smallest absolute Gasteiger partial charge is 0.171 e. The number of aromatic nitrogens is 1. The van der Waals surface area contributed by atoms with Gasteiger partial charge in [0, 0.05) is 19.3 Å². The van der Waals surface area contributed by atoms with E-state index < -0.39 is 0 Å². The van der Waals surface area contributed by atoms with Gasteiger partial charge in [-0.05, 0) is 69.0 Å². The maximum Gasteiger partial charge on any atom is 0.171 e. The van der Waals surface area contributed by atoms with E-state index in [1.54, 1.807) is 6.20 Å². The Hall–Kier alpha value is -1.20. The van der Waals surface area contributed by atoms with Crippen molar-refractivity contribution in [3.05, 3.63) is 23.9 Å². The van der Waals surface area contributed by atoms with Crippen LogP contribution in [0.3, 0.4) is 0 Å². The minimum Gasteiger partial charge on any atom is -0.362 e. The molecule has 1 aromatic heterocycles.